The number of nitrogens with zero attached hydrogens (tertiary/aromatic N) is 4. The Morgan fingerprint density at radius 3 is 2.47 bits per heavy atom. The van der Waals surface area contributed by atoms with Crippen molar-refractivity contribution in [3.05, 3.63) is 83.4 Å². The first-order valence-electron chi connectivity index (χ1n) is 12.6. The van der Waals surface area contributed by atoms with Crippen LogP contribution in [0.25, 0.3) is 22.0 Å². The highest BCUT2D eigenvalue weighted by Gasteiger charge is 2.27. The molecule has 0 unspecified atom stereocenters. The highest BCUT2D eigenvalue weighted by atomic mass is 32.1. The van der Waals surface area contributed by atoms with E-state index >= 15 is 0 Å². The van der Waals surface area contributed by atoms with Gasteiger partial charge in [-0.15, -0.1) is 11.3 Å². The van der Waals surface area contributed by atoms with Crippen molar-refractivity contribution in [3.8, 4) is 11.1 Å². The molecule has 0 saturated carbocycles. The maximum atomic E-state index is 13.6. The number of hydrogen-bond acceptors (Lipinski definition) is 6. The van der Waals surface area contributed by atoms with Crippen LogP contribution in [0.1, 0.15) is 15.2 Å². The summed E-state index contributed by atoms with van der Waals surface area (Å²) in [6, 6.07) is 23.0. The highest BCUT2D eigenvalue weighted by Crippen LogP contribution is 2.40. The van der Waals surface area contributed by atoms with Crippen LogP contribution in [0.15, 0.2) is 72.9 Å². The Kier molecular flexibility index (Phi) is 6.68. The molecular formula is C29H30N4O2S. The number of para-hydroxylation sites is 1. The molecule has 0 aliphatic carbocycles. The fourth-order valence-electron chi connectivity index (χ4n) is 5.11. The van der Waals surface area contributed by atoms with Crippen LogP contribution < -0.4 is 4.90 Å². The number of carbonyl (C=O) groups is 1. The first kappa shape index (κ1) is 23.2. The number of anilines is 1. The first-order valence-corrected chi connectivity index (χ1v) is 13.4. The van der Waals surface area contributed by atoms with E-state index in [1.165, 1.54) is 16.0 Å². The summed E-state index contributed by atoms with van der Waals surface area (Å²) in [6.07, 6.45) is 1.86. The number of hydrogen-bond donors (Lipinski definition) is 0. The van der Waals surface area contributed by atoms with E-state index in [1.807, 2.05) is 23.2 Å². The number of piperazine rings is 1. The molecule has 184 valence electrons. The molecule has 1 amide bonds. The van der Waals surface area contributed by atoms with E-state index in [1.54, 1.807) is 11.3 Å². The second kappa shape index (κ2) is 10.4. The van der Waals surface area contributed by atoms with Crippen molar-refractivity contribution in [2.75, 3.05) is 57.4 Å². The van der Waals surface area contributed by atoms with Crippen molar-refractivity contribution in [2.24, 2.45) is 0 Å². The lowest BCUT2D eigenvalue weighted by atomic mass is 10.1. The Hall–Kier alpha value is -3.26. The molecule has 6 nitrogen and oxygen atoms in total. The van der Waals surface area contributed by atoms with Gasteiger partial charge in [0.25, 0.3) is 5.91 Å². The summed E-state index contributed by atoms with van der Waals surface area (Å²) in [6.45, 7) is 7.22. The van der Waals surface area contributed by atoms with Crippen molar-refractivity contribution < 1.29 is 9.53 Å². The monoisotopic (exact) mass is 498 g/mol. The van der Waals surface area contributed by atoms with Crippen molar-refractivity contribution in [1.29, 1.82) is 0 Å². The normalized spacial score (nSPS) is 17.0. The molecule has 0 radical (unpaired) electrons. The van der Waals surface area contributed by atoms with E-state index in [0.29, 0.717) is 0 Å². The van der Waals surface area contributed by atoms with Gasteiger partial charge in [-0.05, 0) is 23.3 Å². The van der Waals surface area contributed by atoms with Gasteiger partial charge in [0.1, 0.15) is 0 Å². The standard InChI is InChI=1S/C29H30N4O2S/c34-28(26-20-25(22-6-2-1-3-7-22)29(36-26)33-16-18-35-19-17-33)32-14-12-31(13-15-32)21-24-9-4-8-23-10-5-11-30-27(23)24/h1-11,20H,12-19,21H2. The van der Waals surface area contributed by atoms with Crippen molar-refractivity contribution in [3.63, 3.8) is 0 Å². The summed E-state index contributed by atoms with van der Waals surface area (Å²) < 4.78 is 5.57. The fourth-order valence-corrected chi connectivity index (χ4v) is 6.31. The van der Waals surface area contributed by atoms with Gasteiger partial charge < -0.3 is 14.5 Å². The number of benzene rings is 2. The number of ether oxygens (including phenoxy) is 1. The molecule has 4 aromatic rings. The van der Waals surface area contributed by atoms with Crippen LogP contribution in [0.5, 0.6) is 0 Å². The zero-order valence-corrected chi connectivity index (χ0v) is 21.1. The molecule has 7 heteroatoms. The number of pyridine rings is 1. The van der Waals surface area contributed by atoms with Crippen LogP contribution >= 0.6 is 11.3 Å². The van der Waals surface area contributed by atoms with Gasteiger partial charge >= 0.3 is 0 Å². The third-order valence-corrected chi connectivity index (χ3v) is 8.26. The zero-order chi connectivity index (χ0) is 24.3. The van der Waals surface area contributed by atoms with Crippen LogP contribution in [0.3, 0.4) is 0 Å². The molecule has 2 aromatic heterocycles. The lowest BCUT2D eigenvalue weighted by molar-refractivity contribution is 0.0633. The Morgan fingerprint density at radius 1 is 0.889 bits per heavy atom. The van der Waals surface area contributed by atoms with Crippen LogP contribution in [0.2, 0.25) is 0 Å². The minimum absolute atomic E-state index is 0.142. The van der Waals surface area contributed by atoms with E-state index < -0.39 is 0 Å². The zero-order valence-electron chi connectivity index (χ0n) is 20.3. The average molecular weight is 499 g/mol. The Morgan fingerprint density at radius 2 is 1.67 bits per heavy atom. The van der Waals surface area contributed by atoms with Gasteiger partial charge in [-0.1, -0.05) is 54.6 Å². The molecule has 36 heavy (non-hydrogen) atoms. The number of rotatable bonds is 5. The molecule has 2 aliphatic heterocycles. The topological polar surface area (TPSA) is 48.9 Å². The van der Waals surface area contributed by atoms with Crippen LogP contribution in [-0.2, 0) is 11.3 Å². The molecular weight excluding hydrogens is 468 g/mol. The molecule has 0 N–H and O–H groups in total. The highest BCUT2D eigenvalue weighted by molar-refractivity contribution is 7.18. The molecule has 2 saturated heterocycles. The number of fused-ring (bicyclic) bond motifs is 1. The SMILES string of the molecule is O=C(c1cc(-c2ccccc2)c(N2CCOCC2)s1)N1CCN(Cc2cccc3cccnc23)CC1. The lowest BCUT2D eigenvalue weighted by Crippen LogP contribution is -2.48. The van der Waals surface area contributed by atoms with Gasteiger partial charge in [-0.3, -0.25) is 14.7 Å². The Labute approximate surface area is 215 Å². The quantitative estimate of drug-likeness (QED) is 0.397. The summed E-state index contributed by atoms with van der Waals surface area (Å²) >= 11 is 1.62. The lowest BCUT2D eigenvalue weighted by Gasteiger charge is -2.34. The Balaban J connectivity index is 1.17. The number of aromatic nitrogens is 1. The summed E-state index contributed by atoms with van der Waals surface area (Å²) in [7, 11) is 0. The van der Waals surface area contributed by atoms with Gasteiger partial charge in [-0.2, -0.15) is 0 Å². The molecule has 2 aliphatic rings. The second-order valence-electron chi connectivity index (χ2n) is 9.36. The van der Waals surface area contributed by atoms with E-state index in [9.17, 15) is 4.79 Å². The van der Waals surface area contributed by atoms with E-state index in [4.69, 9.17) is 4.74 Å². The minimum Gasteiger partial charge on any atom is -0.378 e. The number of morpholine rings is 1. The van der Waals surface area contributed by atoms with E-state index in [0.717, 1.165) is 80.5 Å². The molecule has 2 aromatic carbocycles. The van der Waals surface area contributed by atoms with Crippen LogP contribution in [0, 0.1) is 0 Å². The summed E-state index contributed by atoms with van der Waals surface area (Å²) in [5.41, 5.74) is 4.62. The molecule has 6 rings (SSSR count). The largest absolute Gasteiger partial charge is 0.378 e. The third kappa shape index (κ3) is 4.74. The van der Waals surface area contributed by atoms with Gasteiger partial charge in [0.2, 0.25) is 0 Å². The van der Waals surface area contributed by atoms with Crippen LogP contribution in [0.4, 0.5) is 5.00 Å². The molecule has 4 heterocycles. The molecule has 0 atom stereocenters. The van der Waals surface area contributed by atoms with E-state index in [-0.39, 0.29) is 5.91 Å². The molecule has 0 spiro atoms. The molecule has 0 bridgehead atoms. The Bertz CT molecular complexity index is 1340. The first-order chi connectivity index (χ1) is 17.8. The van der Waals surface area contributed by atoms with Crippen molar-refractivity contribution >= 4 is 33.1 Å². The number of carbonyl (C=O) groups excluding carboxylic acids is 1. The third-order valence-electron chi connectivity index (χ3n) is 7.08. The van der Waals surface area contributed by atoms with Gasteiger partial charge in [0, 0.05) is 63.0 Å². The maximum absolute atomic E-state index is 13.6. The van der Waals surface area contributed by atoms with Gasteiger partial charge in [0.05, 0.1) is 28.6 Å². The second-order valence-corrected chi connectivity index (χ2v) is 10.4. The van der Waals surface area contributed by atoms with Gasteiger partial charge in [-0.25, -0.2) is 0 Å². The van der Waals surface area contributed by atoms with Crippen molar-refractivity contribution in [1.82, 2.24) is 14.8 Å². The van der Waals surface area contributed by atoms with Crippen LogP contribution in [-0.4, -0.2) is 73.2 Å². The number of amides is 1. The van der Waals surface area contributed by atoms with Gasteiger partial charge in [0.15, 0.2) is 0 Å². The predicted octanol–water partition coefficient (Wildman–Crippen LogP) is 4.76. The molecule has 2 fully saturated rings. The average Bonchev–Trinajstić information content (AvgIpc) is 3.40. The van der Waals surface area contributed by atoms with E-state index in [2.05, 4.69) is 69.4 Å². The minimum atomic E-state index is 0.142. The summed E-state index contributed by atoms with van der Waals surface area (Å²) in [5.74, 6) is 0.142. The summed E-state index contributed by atoms with van der Waals surface area (Å²) in [5, 5.41) is 2.35. The maximum Gasteiger partial charge on any atom is 0.264 e. The van der Waals surface area contributed by atoms with Crippen molar-refractivity contribution in [2.45, 2.75) is 6.54 Å². The fraction of sp³-hybridized carbons (Fsp3) is 0.310. The smallest absolute Gasteiger partial charge is 0.264 e. The number of thiophene rings is 1. The summed E-state index contributed by atoms with van der Waals surface area (Å²) in [4.78, 5) is 25.8. The predicted molar refractivity (Wildman–Crippen MR) is 146 cm³/mol.